The highest BCUT2D eigenvalue weighted by Crippen LogP contribution is 2.39. The van der Waals surface area contributed by atoms with Gasteiger partial charge in [-0.05, 0) is 68.7 Å². The molecule has 15 heteroatoms. The first-order chi connectivity index (χ1) is 19.9. The largest absolute Gasteiger partial charge is 0.486 e. The Bertz CT molecular complexity index is 1540. The van der Waals surface area contributed by atoms with E-state index in [-0.39, 0.29) is 46.7 Å². The lowest BCUT2D eigenvalue weighted by atomic mass is 10.1. The van der Waals surface area contributed by atoms with Crippen LogP contribution in [0.2, 0.25) is 0 Å². The van der Waals surface area contributed by atoms with E-state index < -0.39 is 56.1 Å². The van der Waals surface area contributed by atoms with Crippen LogP contribution in [0, 0.1) is 5.82 Å². The summed E-state index contributed by atoms with van der Waals surface area (Å²) < 4.78 is 120. The van der Waals surface area contributed by atoms with E-state index in [1.807, 2.05) is 0 Å². The van der Waals surface area contributed by atoms with Gasteiger partial charge in [-0.1, -0.05) is 18.9 Å². The molecule has 1 saturated carbocycles. The van der Waals surface area contributed by atoms with Gasteiger partial charge in [0, 0.05) is 19.5 Å². The van der Waals surface area contributed by atoms with Crippen molar-refractivity contribution in [3.8, 4) is 5.75 Å². The van der Waals surface area contributed by atoms with Gasteiger partial charge in [-0.2, -0.15) is 13.2 Å². The number of benzene rings is 2. The summed E-state index contributed by atoms with van der Waals surface area (Å²) in [6.45, 7) is 1.13. The summed E-state index contributed by atoms with van der Waals surface area (Å²) in [5.74, 6) is -2.06. The SMILES string of the molecule is CN(C1CCCC1)S(=O)(=O)CC[C@H]1CN(S(=O)(=O)c2ccc(F)cc2)c2cc(CC(=O)OC(C)(C)C(F)(F)F)ccc2O1. The van der Waals surface area contributed by atoms with Crippen LogP contribution in [0.15, 0.2) is 47.4 Å². The van der Waals surface area contributed by atoms with E-state index in [0.29, 0.717) is 13.8 Å². The predicted molar refractivity (Wildman–Crippen MR) is 150 cm³/mol. The van der Waals surface area contributed by atoms with Crippen molar-refractivity contribution in [2.45, 2.75) is 81.2 Å². The first-order valence-corrected chi connectivity index (χ1v) is 16.8. The van der Waals surface area contributed by atoms with Crippen LogP contribution in [-0.2, 0) is 36.0 Å². The van der Waals surface area contributed by atoms with Gasteiger partial charge in [-0.25, -0.2) is 25.5 Å². The molecule has 0 spiro atoms. The maximum absolute atomic E-state index is 13.7. The van der Waals surface area contributed by atoms with Gasteiger partial charge in [-0.15, -0.1) is 0 Å². The molecule has 0 saturated heterocycles. The number of sulfonamides is 2. The number of fused-ring (bicyclic) bond motifs is 1. The van der Waals surface area contributed by atoms with Crippen molar-refractivity contribution in [1.82, 2.24) is 4.31 Å². The Kier molecular flexibility index (Phi) is 9.39. The molecule has 1 atom stereocenters. The van der Waals surface area contributed by atoms with Crippen molar-refractivity contribution in [3.05, 3.63) is 53.8 Å². The molecule has 4 rings (SSSR count). The number of hydrogen-bond donors (Lipinski definition) is 0. The third kappa shape index (κ3) is 7.43. The van der Waals surface area contributed by atoms with E-state index in [4.69, 9.17) is 4.74 Å². The minimum absolute atomic E-state index is 0.00751. The van der Waals surface area contributed by atoms with Crippen LogP contribution in [0.5, 0.6) is 5.75 Å². The van der Waals surface area contributed by atoms with Crippen LogP contribution < -0.4 is 9.04 Å². The molecule has 0 amide bonds. The third-order valence-electron chi connectivity index (χ3n) is 7.73. The maximum atomic E-state index is 13.7. The zero-order valence-electron chi connectivity index (χ0n) is 23.9. The molecule has 0 N–H and O–H groups in total. The number of carbonyl (C=O) groups excluding carboxylic acids is 1. The van der Waals surface area contributed by atoms with Gasteiger partial charge in [-0.3, -0.25) is 9.10 Å². The molecule has 9 nitrogen and oxygen atoms in total. The maximum Gasteiger partial charge on any atom is 0.427 e. The first kappa shape index (κ1) is 33.0. The molecule has 0 aromatic heterocycles. The summed E-state index contributed by atoms with van der Waals surface area (Å²) in [6.07, 6.45) is -2.86. The summed E-state index contributed by atoms with van der Waals surface area (Å²) in [4.78, 5) is 12.1. The molecular formula is C28H34F4N2O7S2. The minimum atomic E-state index is -4.80. The van der Waals surface area contributed by atoms with Crippen LogP contribution in [0.25, 0.3) is 0 Å². The Morgan fingerprint density at radius 3 is 2.28 bits per heavy atom. The molecule has 1 heterocycles. The molecular weight excluding hydrogens is 616 g/mol. The topological polar surface area (TPSA) is 110 Å². The number of rotatable bonds is 10. The average molecular weight is 651 g/mol. The zero-order chi connectivity index (χ0) is 31.8. The molecule has 2 aromatic carbocycles. The molecule has 2 aromatic rings. The van der Waals surface area contributed by atoms with Crippen molar-refractivity contribution in [3.63, 3.8) is 0 Å². The lowest BCUT2D eigenvalue weighted by Crippen LogP contribution is -2.45. The molecule has 1 aliphatic carbocycles. The molecule has 2 aliphatic rings. The Balaban J connectivity index is 1.61. The van der Waals surface area contributed by atoms with Gasteiger partial charge in [0.25, 0.3) is 10.0 Å². The second-order valence-corrected chi connectivity index (χ2v) is 15.3. The van der Waals surface area contributed by atoms with Crippen molar-refractivity contribution in [1.29, 1.82) is 0 Å². The number of halogens is 4. The van der Waals surface area contributed by atoms with Crippen LogP contribution in [-0.4, -0.2) is 70.4 Å². The number of hydrogen-bond acceptors (Lipinski definition) is 7. The fourth-order valence-electron chi connectivity index (χ4n) is 5.04. The number of carbonyl (C=O) groups is 1. The minimum Gasteiger partial charge on any atom is -0.486 e. The van der Waals surface area contributed by atoms with Crippen molar-refractivity contribution in [2.75, 3.05) is 23.7 Å². The summed E-state index contributed by atoms with van der Waals surface area (Å²) in [5, 5.41) is 0. The highest BCUT2D eigenvalue weighted by Gasteiger charge is 2.50. The van der Waals surface area contributed by atoms with Gasteiger partial charge in [0.1, 0.15) is 17.7 Å². The Hall–Kier alpha value is -2.91. The number of anilines is 1. The molecule has 43 heavy (non-hydrogen) atoms. The molecule has 0 unspecified atom stereocenters. The third-order valence-corrected chi connectivity index (χ3v) is 11.5. The van der Waals surface area contributed by atoms with Crippen LogP contribution in [0.3, 0.4) is 0 Å². The standard InChI is InChI=1S/C28H34F4N2O7S2/c1-27(2,28(30,31)32)41-26(35)17-19-8-13-25-24(16-19)34(43(38,39)23-11-9-20(29)10-12-23)18-22(40-25)14-15-42(36,37)33(3)21-6-4-5-7-21/h8-13,16,21-22H,4-7,14-15,17-18H2,1-3H3/t22-/m0/s1. The highest BCUT2D eigenvalue weighted by molar-refractivity contribution is 7.92. The summed E-state index contributed by atoms with van der Waals surface area (Å²) >= 11 is 0. The fourth-order valence-corrected chi connectivity index (χ4v) is 8.06. The fraction of sp³-hybridized carbons (Fsp3) is 0.536. The number of alkyl halides is 3. The molecule has 1 aliphatic heterocycles. The van der Waals surface area contributed by atoms with Crippen molar-refractivity contribution < 1.29 is 48.7 Å². The number of ether oxygens (including phenoxy) is 2. The second kappa shape index (κ2) is 12.2. The van der Waals surface area contributed by atoms with Gasteiger partial charge in [0.05, 0.1) is 29.3 Å². The number of nitrogens with zero attached hydrogens (tertiary/aromatic N) is 2. The zero-order valence-corrected chi connectivity index (χ0v) is 25.6. The summed E-state index contributed by atoms with van der Waals surface area (Å²) in [5.41, 5.74) is -2.59. The van der Waals surface area contributed by atoms with Crippen molar-refractivity contribution in [2.24, 2.45) is 0 Å². The lowest BCUT2D eigenvalue weighted by molar-refractivity contribution is -0.257. The van der Waals surface area contributed by atoms with Gasteiger partial charge >= 0.3 is 12.1 Å². The predicted octanol–water partition coefficient (Wildman–Crippen LogP) is 4.80. The van der Waals surface area contributed by atoms with E-state index in [0.717, 1.165) is 54.3 Å². The van der Waals surface area contributed by atoms with Crippen LogP contribution >= 0.6 is 0 Å². The van der Waals surface area contributed by atoms with Crippen LogP contribution in [0.4, 0.5) is 23.2 Å². The van der Waals surface area contributed by atoms with Crippen molar-refractivity contribution >= 4 is 31.7 Å². The number of esters is 1. The molecule has 238 valence electrons. The Morgan fingerprint density at radius 2 is 1.67 bits per heavy atom. The highest BCUT2D eigenvalue weighted by atomic mass is 32.2. The lowest BCUT2D eigenvalue weighted by Gasteiger charge is -2.36. The monoisotopic (exact) mass is 650 g/mol. The van der Waals surface area contributed by atoms with Gasteiger partial charge < -0.3 is 9.47 Å². The van der Waals surface area contributed by atoms with E-state index >= 15 is 0 Å². The van der Waals surface area contributed by atoms with E-state index in [2.05, 4.69) is 4.74 Å². The summed E-state index contributed by atoms with van der Waals surface area (Å²) in [6, 6.07) is 8.07. The van der Waals surface area contributed by atoms with E-state index in [9.17, 15) is 39.2 Å². The first-order valence-electron chi connectivity index (χ1n) is 13.7. The molecule has 0 bridgehead atoms. The Morgan fingerprint density at radius 1 is 1.05 bits per heavy atom. The van der Waals surface area contributed by atoms with E-state index in [1.54, 1.807) is 0 Å². The smallest absolute Gasteiger partial charge is 0.427 e. The normalized spacial score (nSPS) is 18.4. The molecule has 1 fully saturated rings. The molecule has 0 radical (unpaired) electrons. The second-order valence-electron chi connectivity index (χ2n) is 11.3. The Labute approximate surface area is 248 Å². The van der Waals surface area contributed by atoms with E-state index in [1.165, 1.54) is 29.6 Å². The van der Waals surface area contributed by atoms with Gasteiger partial charge in [0.2, 0.25) is 15.6 Å². The summed E-state index contributed by atoms with van der Waals surface area (Å²) in [7, 11) is -6.47. The average Bonchev–Trinajstić information content (AvgIpc) is 3.45. The quantitative estimate of drug-likeness (QED) is 0.268. The van der Waals surface area contributed by atoms with Crippen LogP contribution in [0.1, 0.15) is 51.5 Å². The van der Waals surface area contributed by atoms with Gasteiger partial charge in [0.15, 0.2) is 0 Å².